The van der Waals surface area contributed by atoms with Crippen molar-refractivity contribution in [1.82, 2.24) is 10.6 Å². The van der Waals surface area contributed by atoms with E-state index in [9.17, 15) is 14.7 Å². The van der Waals surface area contributed by atoms with E-state index in [4.69, 9.17) is 0 Å². The van der Waals surface area contributed by atoms with Crippen molar-refractivity contribution in [1.29, 1.82) is 0 Å². The number of carbonyl (C=O) groups is 2. The van der Waals surface area contributed by atoms with Crippen LogP contribution in [0.5, 0.6) is 0 Å². The lowest BCUT2D eigenvalue weighted by molar-refractivity contribution is -0.112. The van der Waals surface area contributed by atoms with Gasteiger partial charge in [-0.1, -0.05) is 19.3 Å². The average Bonchev–Trinajstić information content (AvgIpc) is 2.19. The van der Waals surface area contributed by atoms with E-state index in [0.717, 1.165) is 19.3 Å². The number of rotatable bonds is 6. The molecule has 1 aliphatic carbocycles. The maximum atomic E-state index is 10.3. The summed E-state index contributed by atoms with van der Waals surface area (Å²) < 4.78 is 0. The first-order chi connectivity index (χ1) is 7.20. The summed E-state index contributed by atoms with van der Waals surface area (Å²) in [4.78, 5) is 20.5. The molecule has 5 nitrogen and oxygen atoms in total. The Morgan fingerprint density at radius 3 is 2.07 bits per heavy atom. The number of carbonyl (C=O) groups excluding carboxylic acids is 2. The highest BCUT2D eigenvalue weighted by Gasteiger charge is 2.32. The van der Waals surface area contributed by atoms with Gasteiger partial charge in [-0.25, -0.2) is 0 Å². The molecule has 1 aliphatic rings. The van der Waals surface area contributed by atoms with E-state index >= 15 is 0 Å². The third-order valence-electron chi connectivity index (χ3n) is 2.69. The quantitative estimate of drug-likeness (QED) is 0.419. The van der Waals surface area contributed by atoms with Gasteiger partial charge in [0, 0.05) is 6.42 Å². The Bertz CT molecular complexity index is 205. The summed E-state index contributed by atoms with van der Waals surface area (Å²) in [6, 6.07) is 0. The van der Waals surface area contributed by atoms with E-state index in [1.54, 1.807) is 6.42 Å². The molecule has 0 aromatic heterocycles. The van der Waals surface area contributed by atoms with Gasteiger partial charge in [0.25, 0.3) is 0 Å². The average molecular weight is 213 g/mol. The van der Waals surface area contributed by atoms with Gasteiger partial charge in [0.05, 0.1) is 5.60 Å². The van der Waals surface area contributed by atoms with E-state index in [1.807, 2.05) is 0 Å². The Morgan fingerprint density at radius 1 is 1.07 bits per heavy atom. The minimum absolute atomic E-state index is 0.504. The maximum absolute atomic E-state index is 10.3. The van der Waals surface area contributed by atoms with Gasteiger partial charge in [-0.05, 0) is 12.8 Å². The number of amides is 2. The van der Waals surface area contributed by atoms with Crippen LogP contribution in [0.15, 0.2) is 0 Å². The normalized spacial score (nSPS) is 19.6. The van der Waals surface area contributed by atoms with Crippen LogP contribution in [0.3, 0.4) is 0 Å². The van der Waals surface area contributed by atoms with Crippen LogP contribution in [0.2, 0.25) is 0 Å². The molecule has 1 radical (unpaired) electrons. The summed E-state index contributed by atoms with van der Waals surface area (Å²) in [5.74, 6) is 0. The van der Waals surface area contributed by atoms with Gasteiger partial charge in [-0.15, -0.1) is 0 Å². The smallest absolute Gasteiger partial charge is 0.208 e. The van der Waals surface area contributed by atoms with Crippen LogP contribution in [-0.4, -0.2) is 29.7 Å². The molecule has 0 aromatic carbocycles. The minimum Gasteiger partial charge on any atom is -0.389 e. The van der Waals surface area contributed by atoms with Crippen molar-refractivity contribution < 1.29 is 14.7 Å². The molecule has 0 atom stereocenters. The van der Waals surface area contributed by atoms with Crippen LogP contribution in [0.4, 0.5) is 0 Å². The molecule has 0 unspecified atom stereocenters. The summed E-state index contributed by atoms with van der Waals surface area (Å²) in [5, 5.41) is 15.0. The van der Waals surface area contributed by atoms with Crippen molar-refractivity contribution in [3.8, 4) is 0 Å². The predicted molar refractivity (Wildman–Crippen MR) is 54.5 cm³/mol. The van der Waals surface area contributed by atoms with Crippen LogP contribution >= 0.6 is 0 Å². The fourth-order valence-electron chi connectivity index (χ4n) is 1.93. The maximum Gasteiger partial charge on any atom is 0.208 e. The highest BCUT2D eigenvalue weighted by Crippen LogP contribution is 2.30. The molecule has 0 aliphatic heterocycles. The largest absolute Gasteiger partial charge is 0.389 e. The lowest BCUT2D eigenvalue weighted by Gasteiger charge is -2.34. The Kier molecular flexibility index (Phi) is 4.55. The fraction of sp³-hybridized carbons (Fsp3) is 0.700. The molecule has 0 saturated heterocycles. The molecule has 0 spiro atoms. The molecular formula is C10H17N2O3. The van der Waals surface area contributed by atoms with Crippen molar-refractivity contribution in [3.05, 3.63) is 6.42 Å². The second kappa shape index (κ2) is 5.70. The van der Waals surface area contributed by atoms with Crippen molar-refractivity contribution >= 4 is 12.8 Å². The van der Waals surface area contributed by atoms with E-state index < -0.39 is 11.8 Å². The molecule has 0 bridgehead atoms. The zero-order valence-electron chi connectivity index (χ0n) is 8.61. The monoisotopic (exact) mass is 213 g/mol. The molecule has 0 aromatic rings. The van der Waals surface area contributed by atoms with Gasteiger partial charge in [0.1, 0.15) is 6.17 Å². The SMILES string of the molecule is O=CNC([CH]C1(O)CCCCC1)NC=O. The van der Waals surface area contributed by atoms with Crippen molar-refractivity contribution in [2.45, 2.75) is 43.9 Å². The second-order valence-electron chi connectivity index (χ2n) is 3.88. The highest BCUT2D eigenvalue weighted by atomic mass is 16.3. The Labute approximate surface area is 89.2 Å². The lowest BCUT2D eigenvalue weighted by atomic mass is 9.82. The third kappa shape index (κ3) is 3.87. The Balaban J connectivity index is 2.46. The van der Waals surface area contributed by atoms with Gasteiger partial charge < -0.3 is 15.7 Å². The van der Waals surface area contributed by atoms with Gasteiger partial charge in [-0.3, -0.25) is 9.59 Å². The fourth-order valence-corrected chi connectivity index (χ4v) is 1.93. The molecule has 1 rings (SSSR count). The summed E-state index contributed by atoms with van der Waals surface area (Å²) in [6.07, 6.45) is 6.45. The van der Waals surface area contributed by atoms with Gasteiger partial charge >= 0.3 is 0 Å². The minimum atomic E-state index is -0.866. The highest BCUT2D eigenvalue weighted by molar-refractivity contribution is 5.51. The first kappa shape index (κ1) is 12.0. The van der Waals surface area contributed by atoms with Crippen LogP contribution < -0.4 is 10.6 Å². The number of aliphatic hydroxyl groups is 1. The van der Waals surface area contributed by atoms with Crippen molar-refractivity contribution in [2.24, 2.45) is 0 Å². The summed E-state index contributed by atoms with van der Waals surface area (Å²) in [6.45, 7) is 0. The lowest BCUT2D eigenvalue weighted by Crippen LogP contribution is -2.48. The molecule has 1 saturated carbocycles. The predicted octanol–water partition coefficient (Wildman–Crippen LogP) is -0.296. The molecule has 15 heavy (non-hydrogen) atoms. The summed E-state index contributed by atoms with van der Waals surface area (Å²) in [7, 11) is 0. The van der Waals surface area contributed by atoms with Gasteiger partial charge in [0.2, 0.25) is 12.8 Å². The molecule has 3 N–H and O–H groups in total. The zero-order chi connectivity index (χ0) is 11.1. The van der Waals surface area contributed by atoms with Crippen molar-refractivity contribution in [3.63, 3.8) is 0 Å². The summed E-state index contributed by atoms with van der Waals surface area (Å²) >= 11 is 0. The van der Waals surface area contributed by atoms with Crippen molar-refractivity contribution in [2.75, 3.05) is 0 Å². The zero-order valence-corrected chi connectivity index (χ0v) is 8.61. The first-order valence-electron chi connectivity index (χ1n) is 5.18. The standard InChI is InChI=1S/C10H17N2O3/c13-7-11-9(12-8-14)6-10(15)4-2-1-3-5-10/h6-9,15H,1-5H2,(H,11,13)(H,12,14). The Morgan fingerprint density at radius 2 is 1.60 bits per heavy atom. The van der Waals surface area contributed by atoms with Gasteiger partial charge in [-0.2, -0.15) is 0 Å². The second-order valence-corrected chi connectivity index (χ2v) is 3.88. The van der Waals surface area contributed by atoms with E-state index in [-0.39, 0.29) is 0 Å². The topological polar surface area (TPSA) is 78.4 Å². The number of hydrogen-bond donors (Lipinski definition) is 3. The molecule has 0 heterocycles. The molecule has 1 fully saturated rings. The van der Waals surface area contributed by atoms with Crippen LogP contribution in [-0.2, 0) is 9.59 Å². The van der Waals surface area contributed by atoms with Crippen LogP contribution in [0.1, 0.15) is 32.1 Å². The van der Waals surface area contributed by atoms with E-state index in [1.165, 1.54) is 0 Å². The molecule has 2 amide bonds. The molecule has 5 heteroatoms. The van der Waals surface area contributed by atoms with E-state index in [0.29, 0.717) is 25.7 Å². The Hall–Kier alpha value is -1.10. The molecular weight excluding hydrogens is 196 g/mol. The van der Waals surface area contributed by atoms with Crippen LogP contribution in [0.25, 0.3) is 0 Å². The third-order valence-corrected chi connectivity index (χ3v) is 2.69. The van der Waals surface area contributed by atoms with Crippen LogP contribution in [0, 0.1) is 6.42 Å². The number of hydrogen-bond acceptors (Lipinski definition) is 3. The van der Waals surface area contributed by atoms with E-state index in [2.05, 4.69) is 10.6 Å². The van der Waals surface area contributed by atoms with Gasteiger partial charge in [0.15, 0.2) is 0 Å². The summed E-state index contributed by atoms with van der Waals surface area (Å²) in [5.41, 5.74) is -0.866. The molecule has 85 valence electrons. The number of nitrogens with one attached hydrogen (secondary N) is 2. The first-order valence-corrected chi connectivity index (χ1v) is 5.18.